The molecule has 0 aliphatic heterocycles. The van der Waals surface area contributed by atoms with Crippen LogP contribution in [0.2, 0.25) is 0 Å². The Morgan fingerprint density at radius 2 is 0.679 bits per heavy atom. The van der Waals surface area contributed by atoms with E-state index in [4.69, 9.17) is 18.8 Å². The molecule has 0 aliphatic rings. The van der Waals surface area contributed by atoms with Crippen LogP contribution in [0.5, 0.6) is 0 Å². The molecule has 0 radical (unpaired) electrons. The summed E-state index contributed by atoms with van der Waals surface area (Å²) in [5.74, 6) is 0.652. The molecule has 3 aromatic heterocycles. The predicted octanol–water partition coefficient (Wildman–Crippen LogP) is 14.3. The fourth-order valence-electron chi connectivity index (χ4n) is 7.87. The van der Waals surface area contributed by atoms with Gasteiger partial charge in [-0.1, -0.05) is 127 Å². The molecule has 0 spiro atoms. The molecule has 3 heterocycles. The molecule has 11 aromatic rings. The van der Waals surface area contributed by atoms with Crippen molar-refractivity contribution in [2.24, 2.45) is 0 Å². The van der Waals surface area contributed by atoms with Gasteiger partial charge >= 0.3 is 0 Å². The highest BCUT2D eigenvalue weighted by molar-refractivity contribution is 6.07. The van der Waals surface area contributed by atoms with Crippen molar-refractivity contribution in [1.29, 1.82) is 0 Å². The van der Waals surface area contributed by atoms with E-state index in [1.54, 1.807) is 0 Å². The molecule has 4 heteroatoms. The van der Waals surface area contributed by atoms with Gasteiger partial charge in [0.15, 0.2) is 5.82 Å². The third-order valence-electron chi connectivity index (χ3n) is 10.7. The minimum absolute atomic E-state index is 0.652. The van der Waals surface area contributed by atoms with Crippen LogP contribution in [0.4, 0.5) is 0 Å². The van der Waals surface area contributed by atoms with E-state index in [1.807, 2.05) is 36.4 Å². The molecule has 0 saturated carbocycles. The van der Waals surface area contributed by atoms with Gasteiger partial charge in [0.25, 0.3) is 0 Å². The number of benzene rings is 8. The maximum absolute atomic E-state index is 6.22. The summed E-state index contributed by atoms with van der Waals surface area (Å²) in [5, 5.41) is 4.36. The Bertz CT molecular complexity index is 3120. The van der Waals surface area contributed by atoms with Crippen molar-refractivity contribution in [3.8, 4) is 67.3 Å². The van der Waals surface area contributed by atoms with Crippen LogP contribution in [0.15, 0.2) is 203 Å². The van der Waals surface area contributed by atoms with Crippen LogP contribution >= 0.6 is 0 Å². The van der Waals surface area contributed by atoms with E-state index in [0.717, 1.165) is 105 Å². The third-order valence-corrected chi connectivity index (χ3v) is 10.7. The topological polar surface area (TPSA) is 52.1 Å². The summed E-state index contributed by atoms with van der Waals surface area (Å²) in [7, 11) is 0. The second-order valence-electron chi connectivity index (χ2n) is 14.2. The minimum Gasteiger partial charge on any atom is -0.456 e. The van der Waals surface area contributed by atoms with Crippen LogP contribution in [0.25, 0.3) is 111 Å². The lowest BCUT2D eigenvalue weighted by Gasteiger charge is -2.14. The number of hydrogen-bond donors (Lipinski definition) is 0. The average molecular weight is 717 g/mol. The highest BCUT2D eigenvalue weighted by Crippen LogP contribution is 2.39. The van der Waals surface area contributed by atoms with Crippen LogP contribution in [0.3, 0.4) is 0 Å². The molecule has 4 nitrogen and oxygen atoms in total. The second-order valence-corrected chi connectivity index (χ2v) is 14.2. The van der Waals surface area contributed by atoms with Gasteiger partial charge in [-0.15, -0.1) is 0 Å². The Hall–Kier alpha value is -7.56. The van der Waals surface area contributed by atoms with E-state index in [0.29, 0.717) is 5.82 Å². The second kappa shape index (κ2) is 13.1. The average Bonchev–Trinajstić information content (AvgIpc) is 3.84. The number of nitrogens with zero attached hydrogens (tertiary/aromatic N) is 2. The zero-order chi connectivity index (χ0) is 37.0. The Balaban J connectivity index is 1.13. The minimum atomic E-state index is 0.652. The largest absolute Gasteiger partial charge is 0.456 e. The van der Waals surface area contributed by atoms with Gasteiger partial charge in [0, 0.05) is 38.2 Å². The molecule has 0 saturated heterocycles. The smallest absolute Gasteiger partial charge is 0.160 e. The lowest BCUT2D eigenvalue weighted by Crippen LogP contribution is -1.97. The molecule has 11 rings (SSSR count). The SMILES string of the molecule is c1ccc(-c2cccc(-c3cc(-c4ccccc4)nc(-c4cc(-c5ccc6oc7ccccc7c6c5)cc(-c5ccc6oc7ccccc7c6c5)c4)n3)c2)cc1. The molecular formula is C52H32N2O2. The van der Waals surface area contributed by atoms with Gasteiger partial charge in [-0.05, 0) is 100 Å². The van der Waals surface area contributed by atoms with Crippen LogP contribution < -0.4 is 0 Å². The van der Waals surface area contributed by atoms with E-state index in [-0.39, 0.29) is 0 Å². The van der Waals surface area contributed by atoms with Crippen molar-refractivity contribution < 1.29 is 8.83 Å². The lowest BCUT2D eigenvalue weighted by molar-refractivity contribution is 0.668. The highest BCUT2D eigenvalue weighted by Gasteiger charge is 2.17. The Morgan fingerprint density at radius 3 is 1.29 bits per heavy atom. The Kier molecular flexibility index (Phi) is 7.46. The van der Waals surface area contributed by atoms with Crippen molar-refractivity contribution in [2.45, 2.75) is 0 Å². The van der Waals surface area contributed by atoms with E-state index in [2.05, 4.69) is 158 Å². The molecule has 0 unspecified atom stereocenters. The summed E-state index contributed by atoms with van der Waals surface area (Å²) in [6.45, 7) is 0. The Morgan fingerprint density at radius 1 is 0.250 bits per heavy atom. The molecule has 0 aliphatic carbocycles. The van der Waals surface area contributed by atoms with Crippen LogP contribution in [0.1, 0.15) is 0 Å². The fourth-order valence-corrected chi connectivity index (χ4v) is 7.87. The summed E-state index contributed by atoms with van der Waals surface area (Å²) in [4.78, 5) is 10.6. The first kappa shape index (κ1) is 31.9. The molecule has 0 atom stereocenters. The van der Waals surface area contributed by atoms with Gasteiger partial charge in [0.1, 0.15) is 22.3 Å². The van der Waals surface area contributed by atoms with E-state index >= 15 is 0 Å². The van der Waals surface area contributed by atoms with Gasteiger partial charge in [-0.2, -0.15) is 0 Å². The van der Waals surface area contributed by atoms with E-state index in [1.165, 1.54) is 0 Å². The number of fused-ring (bicyclic) bond motifs is 6. The number of hydrogen-bond acceptors (Lipinski definition) is 4. The summed E-state index contributed by atoms with van der Waals surface area (Å²) >= 11 is 0. The predicted molar refractivity (Wildman–Crippen MR) is 229 cm³/mol. The van der Waals surface area contributed by atoms with Crippen molar-refractivity contribution in [1.82, 2.24) is 9.97 Å². The summed E-state index contributed by atoms with van der Waals surface area (Å²) in [6, 6.07) is 67.5. The lowest BCUT2D eigenvalue weighted by atomic mass is 9.94. The summed E-state index contributed by atoms with van der Waals surface area (Å²) in [5.41, 5.74) is 14.8. The van der Waals surface area contributed by atoms with Crippen molar-refractivity contribution in [3.05, 3.63) is 194 Å². The summed E-state index contributed by atoms with van der Waals surface area (Å²) in [6.07, 6.45) is 0. The maximum atomic E-state index is 6.22. The zero-order valence-electron chi connectivity index (χ0n) is 30.2. The number of para-hydroxylation sites is 2. The van der Waals surface area contributed by atoms with E-state index < -0.39 is 0 Å². The van der Waals surface area contributed by atoms with Gasteiger partial charge in [-0.3, -0.25) is 0 Å². The molecule has 0 amide bonds. The van der Waals surface area contributed by atoms with Crippen LogP contribution in [-0.4, -0.2) is 9.97 Å². The van der Waals surface area contributed by atoms with Crippen molar-refractivity contribution in [3.63, 3.8) is 0 Å². The van der Waals surface area contributed by atoms with Crippen LogP contribution in [0, 0.1) is 0 Å². The first-order chi connectivity index (χ1) is 27.7. The monoisotopic (exact) mass is 716 g/mol. The molecule has 56 heavy (non-hydrogen) atoms. The van der Waals surface area contributed by atoms with Crippen LogP contribution in [-0.2, 0) is 0 Å². The standard InChI is InChI=1S/C52H32N2O2/c1-3-12-33(13-4-1)35-16-11-17-38(26-35)47-32-46(34-14-5-2-6-15-34)53-52(54-47)41-28-39(36-22-24-50-44(30-36)42-18-7-9-20-48(42)55-50)27-40(29-41)37-23-25-51-45(31-37)43-19-8-10-21-49(43)56-51/h1-32H. The molecule has 8 aromatic carbocycles. The number of furan rings is 2. The maximum Gasteiger partial charge on any atom is 0.160 e. The Labute approximate surface area is 323 Å². The third kappa shape index (κ3) is 5.64. The number of aromatic nitrogens is 2. The van der Waals surface area contributed by atoms with Gasteiger partial charge in [0.05, 0.1) is 11.4 Å². The van der Waals surface area contributed by atoms with Gasteiger partial charge < -0.3 is 8.83 Å². The quantitative estimate of drug-likeness (QED) is 0.172. The van der Waals surface area contributed by atoms with Crippen molar-refractivity contribution >= 4 is 43.9 Å². The fraction of sp³-hybridized carbons (Fsp3) is 0. The summed E-state index contributed by atoms with van der Waals surface area (Å²) < 4.78 is 12.4. The number of rotatable bonds is 6. The van der Waals surface area contributed by atoms with E-state index in [9.17, 15) is 0 Å². The zero-order valence-corrected chi connectivity index (χ0v) is 30.2. The first-order valence-corrected chi connectivity index (χ1v) is 18.8. The molecule has 0 bridgehead atoms. The molecule has 262 valence electrons. The van der Waals surface area contributed by atoms with Crippen molar-refractivity contribution in [2.75, 3.05) is 0 Å². The first-order valence-electron chi connectivity index (χ1n) is 18.8. The normalized spacial score (nSPS) is 11.6. The molecule has 0 N–H and O–H groups in total. The van der Waals surface area contributed by atoms with Gasteiger partial charge in [-0.25, -0.2) is 9.97 Å². The van der Waals surface area contributed by atoms with Gasteiger partial charge in [0.2, 0.25) is 0 Å². The highest BCUT2D eigenvalue weighted by atomic mass is 16.3. The molecular weight excluding hydrogens is 685 g/mol. The molecule has 0 fully saturated rings.